The number of rotatable bonds is 7. The molecule has 160 valence electrons. The molecule has 2 amide bonds. The van der Waals surface area contributed by atoms with Gasteiger partial charge in [0, 0.05) is 17.5 Å². The van der Waals surface area contributed by atoms with Gasteiger partial charge in [-0.2, -0.15) is 0 Å². The number of hydrogen-bond acceptors (Lipinski definition) is 6. The lowest BCUT2D eigenvalue weighted by Gasteiger charge is -2.31. The van der Waals surface area contributed by atoms with Gasteiger partial charge in [-0.3, -0.25) is 14.8 Å². The summed E-state index contributed by atoms with van der Waals surface area (Å²) in [7, 11) is 1.48. The van der Waals surface area contributed by atoms with E-state index in [4.69, 9.17) is 9.47 Å². The highest BCUT2D eigenvalue weighted by Crippen LogP contribution is 2.33. The monoisotopic (exact) mass is 414 g/mol. The minimum atomic E-state index is -0.992. The molecule has 1 aliphatic rings. The van der Waals surface area contributed by atoms with Crippen LogP contribution in [0.1, 0.15) is 27.6 Å². The van der Waals surface area contributed by atoms with Gasteiger partial charge in [0.05, 0.1) is 31.9 Å². The number of aliphatic hydroxyl groups is 1. The first-order valence-electron chi connectivity index (χ1n) is 9.62. The third-order valence-corrected chi connectivity index (χ3v) is 5.27. The molecule has 30 heavy (non-hydrogen) atoms. The van der Waals surface area contributed by atoms with E-state index in [2.05, 4.69) is 5.32 Å². The van der Waals surface area contributed by atoms with Crippen LogP contribution in [0.2, 0.25) is 0 Å². The van der Waals surface area contributed by atoms with Gasteiger partial charge in [0.15, 0.2) is 0 Å². The van der Waals surface area contributed by atoms with Crippen LogP contribution < -0.4 is 10.1 Å². The summed E-state index contributed by atoms with van der Waals surface area (Å²) in [6.45, 7) is 1.81. The maximum atomic E-state index is 12.5. The Morgan fingerprint density at radius 1 is 1.20 bits per heavy atom. The molecular weight excluding hydrogens is 388 g/mol. The first-order valence-corrected chi connectivity index (χ1v) is 9.62. The van der Waals surface area contributed by atoms with E-state index in [1.165, 1.54) is 7.11 Å². The Labute approximate surface area is 175 Å². The second-order valence-electron chi connectivity index (χ2n) is 7.59. The van der Waals surface area contributed by atoms with Crippen molar-refractivity contribution in [3.8, 4) is 5.75 Å². The SMILES string of the molecule is COc1ccccc1C(=O)NC[C@H]1OC[C@@](C)(CN(O)C(=O)c2ccccc2)[C@@H]1O. The van der Waals surface area contributed by atoms with Crippen LogP contribution in [-0.4, -0.2) is 66.2 Å². The van der Waals surface area contributed by atoms with Gasteiger partial charge in [-0.05, 0) is 24.3 Å². The minimum Gasteiger partial charge on any atom is -0.496 e. The van der Waals surface area contributed by atoms with Crippen molar-refractivity contribution in [3.63, 3.8) is 0 Å². The van der Waals surface area contributed by atoms with Crippen LogP contribution >= 0.6 is 0 Å². The summed E-state index contributed by atoms with van der Waals surface area (Å²) < 4.78 is 10.9. The molecule has 0 spiro atoms. The van der Waals surface area contributed by atoms with Crippen molar-refractivity contribution in [2.24, 2.45) is 5.41 Å². The van der Waals surface area contributed by atoms with E-state index in [9.17, 15) is 19.9 Å². The zero-order valence-electron chi connectivity index (χ0n) is 16.9. The summed E-state index contributed by atoms with van der Waals surface area (Å²) in [4.78, 5) is 24.8. The Morgan fingerprint density at radius 2 is 1.87 bits per heavy atom. The first-order chi connectivity index (χ1) is 14.4. The van der Waals surface area contributed by atoms with Crippen LogP contribution in [0.25, 0.3) is 0 Å². The summed E-state index contributed by atoms with van der Waals surface area (Å²) in [5.41, 5.74) is -0.165. The van der Waals surface area contributed by atoms with Gasteiger partial charge in [-0.15, -0.1) is 0 Å². The standard InChI is InChI=1S/C22H26N2O6/c1-22(13-24(28)21(27)15-8-4-3-5-9-15)14-30-18(19(22)25)12-23-20(26)16-10-6-7-11-17(16)29-2/h3-11,18-19,25,28H,12-14H2,1-2H3,(H,23,26)/t18-,19-,22-/m1/s1. The molecule has 1 fully saturated rings. The molecule has 0 unspecified atom stereocenters. The summed E-state index contributed by atoms with van der Waals surface area (Å²) in [5.74, 6) is -0.458. The van der Waals surface area contributed by atoms with Crippen molar-refractivity contribution in [1.29, 1.82) is 0 Å². The number of carbonyl (C=O) groups excluding carboxylic acids is 2. The number of benzene rings is 2. The maximum absolute atomic E-state index is 12.5. The van der Waals surface area contributed by atoms with Crippen molar-refractivity contribution in [2.75, 3.05) is 26.8 Å². The number of nitrogens with one attached hydrogen (secondary N) is 1. The molecule has 3 rings (SSSR count). The smallest absolute Gasteiger partial charge is 0.277 e. The third kappa shape index (κ3) is 4.62. The third-order valence-electron chi connectivity index (χ3n) is 5.27. The van der Waals surface area contributed by atoms with E-state index in [-0.39, 0.29) is 25.6 Å². The molecule has 1 saturated heterocycles. The Bertz CT molecular complexity index is 890. The number of ether oxygens (including phenoxy) is 2. The van der Waals surface area contributed by atoms with Gasteiger partial charge < -0.3 is 19.9 Å². The molecular formula is C22H26N2O6. The number of carbonyl (C=O) groups is 2. The largest absolute Gasteiger partial charge is 0.496 e. The Morgan fingerprint density at radius 3 is 2.57 bits per heavy atom. The fourth-order valence-corrected chi connectivity index (χ4v) is 3.50. The van der Waals surface area contributed by atoms with E-state index in [0.29, 0.717) is 21.9 Å². The van der Waals surface area contributed by atoms with E-state index in [1.54, 1.807) is 61.5 Å². The van der Waals surface area contributed by atoms with Crippen molar-refractivity contribution < 1.29 is 29.4 Å². The van der Waals surface area contributed by atoms with E-state index in [1.807, 2.05) is 0 Å². The Balaban J connectivity index is 1.58. The van der Waals surface area contributed by atoms with Crippen molar-refractivity contribution >= 4 is 11.8 Å². The summed E-state index contributed by atoms with van der Waals surface area (Å²) in [6, 6.07) is 15.2. The topological polar surface area (TPSA) is 108 Å². The molecule has 0 aliphatic carbocycles. The number of hydroxylamine groups is 2. The van der Waals surface area contributed by atoms with Crippen LogP contribution in [0.15, 0.2) is 54.6 Å². The molecule has 8 nitrogen and oxygen atoms in total. The molecule has 0 aromatic heterocycles. The number of nitrogens with zero attached hydrogens (tertiary/aromatic N) is 1. The van der Waals surface area contributed by atoms with Crippen molar-refractivity contribution in [2.45, 2.75) is 19.1 Å². The number of amides is 2. The van der Waals surface area contributed by atoms with Gasteiger partial charge in [0.1, 0.15) is 11.9 Å². The predicted molar refractivity (Wildman–Crippen MR) is 108 cm³/mol. The molecule has 3 atom stereocenters. The van der Waals surface area contributed by atoms with Gasteiger partial charge >= 0.3 is 0 Å². The van der Waals surface area contributed by atoms with Gasteiger partial charge in [0.25, 0.3) is 11.8 Å². The maximum Gasteiger partial charge on any atom is 0.277 e. The lowest BCUT2D eigenvalue weighted by molar-refractivity contribution is -0.0940. The Kier molecular flexibility index (Phi) is 6.71. The number of para-hydroxylation sites is 1. The highest BCUT2D eigenvalue weighted by molar-refractivity contribution is 5.97. The summed E-state index contributed by atoms with van der Waals surface area (Å²) in [5, 5.41) is 24.3. The zero-order chi connectivity index (χ0) is 21.7. The normalized spacial score (nSPS) is 23.1. The van der Waals surface area contributed by atoms with E-state index >= 15 is 0 Å². The number of hydrogen-bond donors (Lipinski definition) is 3. The predicted octanol–water partition coefficient (Wildman–Crippen LogP) is 1.72. The molecule has 2 aromatic carbocycles. The fourth-order valence-electron chi connectivity index (χ4n) is 3.50. The molecule has 1 heterocycles. The van der Waals surface area contributed by atoms with Gasteiger partial charge in [-0.25, -0.2) is 5.06 Å². The van der Waals surface area contributed by atoms with Crippen LogP contribution in [-0.2, 0) is 4.74 Å². The molecule has 0 radical (unpaired) electrons. The molecule has 2 aromatic rings. The molecule has 0 saturated carbocycles. The van der Waals surface area contributed by atoms with Crippen LogP contribution in [0.5, 0.6) is 5.75 Å². The molecule has 8 heteroatoms. The van der Waals surface area contributed by atoms with E-state index in [0.717, 1.165) is 0 Å². The fraction of sp³-hybridized carbons (Fsp3) is 0.364. The second-order valence-corrected chi connectivity index (χ2v) is 7.59. The lowest BCUT2D eigenvalue weighted by atomic mass is 9.84. The Hall–Kier alpha value is -2.94. The summed E-state index contributed by atoms with van der Waals surface area (Å²) in [6.07, 6.45) is -1.66. The van der Waals surface area contributed by atoms with Crippen LogP contribution in [0, 0.1) is 5.41 Å². The van der Waals surface area contributed by atoms with Gasteiger partial charge in [0.2, 0.25) is 0 Å². The van der Waals surface area contributed by atoms with Crippen LogP contribution in [0.3, 0.4) is 0 Å². The lowest BCUT2D eigenvalue weighted by Crippen LogP contribution is -2.47. The molecule has 3 N–H and O–H groups in total. The van der Waals surface area contributed by atoms with E-state index < -0.39 is 23.5 Å². The van der Waals surface area contributed by atoms with Crippen LogP contribution in [0.4, 0.5) is 0 Å². The number of aliphatic hydroxyl groups excluding tert-OH is 1. The van der Waals surface area contributed by atoms with Gasteiger partial charge in [-0.1, -0.05) is 37.3 Å². The summed E-state index contributed by atoms with van der Waals surface area (Å²) >= 11 is 0. The minimum absolute atomic E-state index is 0.0751. The first kappa shape index (κ1) is 21.8. The van der Waals surface area contributed by atoms with Crippen molar-refractivity contribution in [1.82, 2.24) is 10.4 Å². The highest BCUT2D eigenvalue weighted by atomic mass is 16.5. The molecule has 1 aliphatic heterocycles. The van der Waals surface area contributed by atoms with Crippen molar-refractivity contribution in [3.05, 3.63) is 65.7 Å². The zero-order valence-corrected chi connectivity index (χ0v) is 16.9. The highest BCUT2D eigenvalue weighted by Gasteiger charge is 2.47. The average molecular weight is 414 g/mol. The number of methoxy groups -OCH3 is 1. The quantitative estimate of drug-likeness (QED) is 0.470. The second kappa shape index (κ2) is 9.25. The molecule has 0 bridgehead atoms. The average Bonchev–Trinajstić information content (AvgIpc) is 3.05.